The Bertz CT molecular complexity index is 447. The normalized spacial score (nSPS) is 13.3. The summed E-state index contributed by atoms with van der Waals surface area (Å²) >= 11 is 0. The Labute approximate surface area is 106 Å². The molecule has 0 saturated carbocycles. The van der Waals surface area contributed by atoms with Crippen LogP contribution in [0.2, 0.25) is 0 Å². The van der Waals surface area contributed by atoms with E-state index >= 15 is 0 Å². The Morgan fingerprint density at radius 1 is 1.50 bits per heavy atom. The monoisotopic (exact) mass is 254 g/mol. The molecule has 0 saturated heterocycles. The van der Waals surface area contributed by atoms with Gasteiger partial charge in [-0.2, -0.15) is 0 Å². The third kappa shape index (κ3) is 3.70. The van der Waals surface area contributed by atoms with E-state index in [0.717, 1.165) is 5.56 Å². The molecular weight excluding hydrogens is 235 g/mol. The first-order valence-electron chi connectivity index (χ1n) is 5.75. The number of carbonyl (C=O) groups is 1. The number of nitrogen functional groups attached to an aromatic ring is 1. The maximum atomic E-state index is 13.2. The molecule has 1 aromatic rings. The molecule has 0 aliphatic rings. The molecule has 5 heteroatoms. The molecule has 1 rings (SSSR count). The smallest absolute Gasteiger partial charge is 0.309 e. The van der Waals surface area contributed by atoms with Gasteiger partial charge in [0.05, 0.1) is 11.1 Å². The van der Waals surface area contributed by atoms with Crippen LogP contribution in [0.4, 0.5) is 10.1 Å². The average molecular weight is 254 g/mol. The van der Waals surface area contributed by atoms with Gasteiger partial charge in [-0.15, -0.1) is 0 Å². The minimum atomic E-state index is -0.888. The number of hydrogen-bond acceptors (Lipinski definition) is 3. The molecule has 0 aliphatic heterocycles. The molecule has 0 aromatic heterocycles. The molecule has 0 aliphatic carbocycles. The summed E-state index contributed by atoms with van der Waals surface area (Å²) in [5.74, 6) is -1.36. The molecule has 0 fully saturated rings. The van der Waals surface area contributed by atoms with Crippen molar-refractivity contribution >= 4 is 11.7 Å². The number of carboxylic acids is 1. The molecule has 0 heterocycles. The fourth-order valence-corrected chi connectivity index (χ4v) is 1.82. The molecule has 0 spiro atoms. The van der Waals surface area contributed by atoms with Crippen LogP contribution in [0.3, 0.4) is 0 Å². The van der Waals surface area contributed by atoms with Crippen LogP contribution < -0.4 is 11.5 Å². The highest BCUT2D eigenvalue weighted by atomic mass is 19.1. The molecule has 0 amide bonds. The predicted molar refractivity (Wildman–Crippen MR) is 68.5 cm³/mol. The van der Waals surface area contributed by atoms with E-state index in [1.807, 2.05) is 0 Å². The first-order valence-corrected chi connectivity index (χ1v) is 5.75. The van der Waals surface area contributed by atoms with Crippen molar-refractivity contribution < 1.29 is 14.3 Å². The Hall–Kier alpha value is -1.62. The Balaban J connectivity index is 2.67. The van der Waals surface area contributed by atoms with Crippen LogP contribution in [0.1, 0.15) is 25.8 Å². The first kappa shape index (κ1) is 14.4. The third-order valence-electron chi connectivity index (χ3n) is 2.91. The molecule has 100 valence electrons. The van der Waals surface area contributed by atoms with Crippen molar-refractivity contribution in [2.24, 2.45) is 11.1 Å². The standard InChI is InChI=1S/C13H19FN2O2/c1-13(2,12(17)18)7-9(15)5-8-3-4-11(16)10(14)6-8/h3-4,6,9H,5,7,15-16H2,1-2H3,(H,17,18). The number of aliphatic carboxylic acids is 1. The van der Waals surface area contributed by atoms with E-state index in [4.69, 9.17) is 16.6 Å². The summed E-state index contributed by atoms with van der Waals surface area (Å²) in [5, 5.41) is 9.00. The highest BCUT2D eigenvalue weighted by molar-refractivity contribution is 5.73. The summed E-state index contributed by atoms with van der Waals surface area (Å²) in [5.41, 5.74) is 11.2. The zero-order valence-corrected chi connectivity index (χ0v) is 10.6. The lowest BCUT2D eigenvalue weighted by molar-refractivity contribution is -0.147. The summed E-state index contributed by atoms with van der Waals surface area (Å²) in [4.78, 5) is 11.0. The van der Waals surface area contributed by atoms with Crippen LogP contribution in [0.25, 0.3) is 0 Å². The molecule has 1 unspecified atom stereocenters. The largest absolute Gasteiger partial charge is 0.481 e. The van der Waals surface area contributed by atoms with Crippen LogP contribution in [-0.2, 0) is 11.2 Å². The zero-order valence-electron chi connectivity index (χ0n) is 10.6. The second kappa shape index (κ2) is 5.35. The van der Waals surface area contributed by atoms with E-state index in [9.17, 15) is 9.18 Å². The van der Waals surface area contributed by atoms with Gasteiger partial charge in [0, 0.05) is 6.04 Å². The van der Waals surface area contributed by atoms with E-state index in [2.05, 4.69) is 0 Å². The highest BCUT2D eigenvalue weighted by Crippen LogP contribution is 2.23. The van der Waals surface area contributed by atoms with Crippen LogP contribution in [0, 0.1) is 11.2 Å². The molecule has 1 atom stereocenters. The molecule has 1 aromatic carbocycles. The summed E-state index contributed by atoms with van der Waals surface area (Å²) in [6, 6.07) is 4.19. The molecular formula is C13H19FN2O2. The lowest BCUT2D eigenvalue weighted by atomic mass is 9.84. The number of halogens is 1. The summed E-state index contributed by atoms with van der Waals surface area (Å²) in [6.07, 6.45) is 0.752. The molecule has 0 bridgehead atoms. The van der Waals surface area contributed by atoms with E-state index < -0.39 is 17.2 Å². The topological polar surface area (TPSA) is 89.3 Å². The molecule has 4 nitrogen and oxygen atoms in total. The summed E-state index contributed by atoms with van der Waals surface area (Å²) in [7, 11) is 0. The minimum Gasteiger partial charge on any atom is -0.481 e. The van der Waals surface area contributed by atoms with Crippen molar-refractivity contribution in [3.05, 3.63) is 29.6 Å². The van der Waals surface area contributed by atoms with Crippen molar-refractivity contribution in [1.82, 2.24) is 0 Å². The molecule has 18 heavy (non-hydrogen) atoms. The van der Waals surface area contributed by atoms with Crippen molar-refractivity contribution in [1.29, 1.82) is 0 Å². The maximum Gasteiger partial charge on any atom is 0.309 e. The Kier molecular flexibility index (Phi) is 4.29. The van der Waals surface area contributed by atoms with E-state index in [1.54, 1.807) is 19.9 Å². The zero-order chi connectivity index (χ0) is 13.9. The van der Waals surface area contributed by atoms with E-state index in [0.29, 0.717) is 12.8 Å². The second-order valence-electron chi connectivity index (χ2n) is 5.21. The number of rotatable bonds is 5. The van der Waals surface area contributed by atoms with Crippen LogP contribution in [-0.4, -0.2) is 17.1 Å². The lowest BCUT2D eigenvalue weighted by Crippen LogP contribution is -2.34. The van der Waals surface area contributed by atoms with Gasteiger partial charge in [-0.05, 0) is 44.4 Å². The maximum absolute atomic E-state index is 13.2. The van der Waals surface area contributed by atoms with Gasteiger partial charge >= 0.3 is 5.97 Å². The van der Waals surface area contributed by atoms with Gasteiger partial charge in [0.25, 0.3) is 0 Å². The second-order valence-corrected chi connectivity index (χ2v) is 5.21. The Morgan fingerprint density at radius 3 is 2.61 bits per heavy atom. The van der Waals surface area contributed by atoms with Crippen LogP contribution in [0.5, 0.6) is 0 Å². The SMILES string of the molecule is CC(C)(CC(N)Cc1ccc(N)c(F)c1)C(=O)O. The predicted octanol–water partition coefficient (Wildman–Crippen LogP) is 1.78. The first-order chi connectivity index (χ1) is 8.22. The Morgan fingerprint density at radius 2 is 2.11 bits per heavy atom. The van der Waals surface area contributed by atoms with Gasteiger partial charge < -0.3 is 16.6 Å². The number of carboxylic acid groups (broad SMARTS) is 1. The fraction of sp³-hybridized carbons (Fsp3) is 0.462. The van der Waals surface area contributed by atoms with Gasteiger partial charge in [-0.25, -0.2) is 4.39 Å². The van der Waals surface area contributed by atoms with E-state index in [1.165, 1.54) is 12.1 Å². The molecule has 0 radical (unpaired) electrons. The van der Waals surface area contributed by atoms with Crippen molar-refractivity contribution in [2.45, 2.75) is 32.7 Å². The molecule has 5 N–H and O–H groups in total. The number of anilines is 1. The highest BCUT2D eigenvalue weighted by Gasteiger charge is 2.29. The van der Waals surface area contributed by atoms with Crippen molar-refractivity contribution in [3.8, 4) is 0 Å². The summed E-state index contributed by atoms with van der Waals surface area (Å²) in [6.45, 7) is 3.25. The average Bonchev–Trinajstić information content (AvgIpc) is 2.22. The van der Waals surface area contributed by atoms with Crippen LogP contribution in [0.15, 0.2) is 18.2 Å². The number of hydrogen-bond donors (Lipinski definition) is 3. The van der Waals surface area contributed by atoms with Crippen molar-refractivity contribution in [3.63, 3.8) is 0 Å². The third-order valence-corrected chi connectivity index (χ3v) is 2.91. The van der Waals surface area contributed by atoms with Crippen LogP contribution >= 0.6 is 0 Å². The summed E-state index contributed by atoms with van der Waals surface area (Å²) < 4.78 is 13.2. The lowest BCUT2D eigenvalue weighted by Gasteiger charge is -2.23. The van der Waals surface area contributed by atoms with E-state index in [-0.39, 0.29) is 11.7 Å². The fourth-order valence-electron chi connectivity index (χ4n) is 1.82. The van der Waals surface area contributed by atoms with Gasteiger partial charge in [-0.3, -0.25) is 4.79 Å². The quantitative estimate of drug-likeness (QED) is 0.699. The number of benzene rings is 1. The van der Waals surface area contributed by atoms with Gasteiger partial charge in [0.2, 0.25) is 0 Å². The van der Waals surface area contributed by atoms with Crippen molar-refractivity contribution in [2.75, 3.05) is 5.73 Å². The van der Waals surface area contributed by atoms with Gasteiger partial charge in [0.1, 0.15) is 5.82 Å². The minimum absolute atomic E-state index is 0.0955. The van der Waals surface area contributed by atoms with Gasteiger partial charge in [0.15, 0.2) is 0 Å². The van der Waals surface area contributed by atoms with Gasteiger partial charge in [-0.1, -0.05) is 6.07 Å². The number of nitrogens with two attached hydrogens (primary N) is 2.